The number of carboxylic acid groups (broad SMARTS) is 1. The minimum atomic E-state index is -5.08. The molecule has 0 aliphatic rings. The van der Waals surface area contributed by atoms with Crippen LogP contribution in [0.4, 0.5) is 23.7 Å². The summed E-state index contributed by atoms with van der Waals surface area (Å²) in [6, 6.07) is 12.9. The molecule has 0 unspecified atom stereocenters. The Labute approximate surface area is 260 Å². The number of sulfone groups is 2. The van der Waals surface area contributed by atoms with E-state index in [0.717, 1.165) is 17.4 Å². The number of amides is 2. The Hall–Kier alpha value is -3.61. The molecular weight excluding hydrogens is 666 g/mol. The number of thioether (sulfide) groups is 1. The molecule has 0 fully saturated rings. The summed E-state index contributed by atoms with van der Waals surface area (Å²) in [6.07, 6.45) is -1.83. The van der Waals surface area contributed by atoms with Crippen molar-refractivity contribution in [3.63, 3.8) is 0 Å². The van der Waals surface area contributed by atoms with Gasteiger partial charge in [-0.2, -0.15) is 13.2 Å². The van der Waals surface area contributed by atoms with Crippen molar-refractivity contribution in [2.24, 2.45) is 5.73 Å². The van der Waals surface area contributed by atoms with Crippen LogP contribution in [0, 0.1) is 12.3 Å². The van der Waals surface area contributed by atoms with Gasteiger partial charge in [-0.3, -0.25) is 5.41 Å². The number of carboxylic acids is 1. The van der Waals surface area contributed by atoms with Gasteiger partial charge in [-0.15, -0.1) is 23.1 Å². The third kappa shape index (κ3) is 10.5. The van der Waals surface area contributed by atoms with E-state index in [1.54, 1.807) is 36.6 Å². The summed E-state index contributed by atoms with van der Waals surface area (Å²) in [5.41, 5.74) is 8.44. The monoisotopic (exact) mass is 694 g/mol. The number of hydrogen-bond acceptors (Lipinski definition) is 9. The number of amidine groups is 1. The molecule has 2 aromatic carbocycles. The number of nitrogen functional groups attached to an aromatic ring is 1. The number of halogens is 3. The Balaban J connectivity index is 0.000000860. The summed E-state index contributed by atoms with van der Waals surface area (Å²) in [5, 5.41) is 20.1. The molecule has 18 heteroatoms. The second-order valence-electron chi connectivity index (χ2n) is 9.11. The van der Waals surface area contributed by atoms with Gasteiger partial charge in [-0.1, -0.05) is 18.2 Å². The van der Waals surface area contributed by atoms with Gasteiger partial charge in [-0.05, 0) is 66.6 Å². The summed E-state index contributed by atoms with van der Waals surface area (Å²) >= 11 is 2.47. The van der Waals surface area contributed by atoms with E-state index in [9.17, 15) is 34.8 Å². The predicted octanol–water partition coefficient (Wildman–Crippen LogP) is 4.75. The minimum Gasteiger partial charge on any atom is -0.475 e. The average Bonchev–Trinajstić information content (AvgIpc) is 3.37. The Morgan fingerprint density at radius 3 is 2.25 bits per heavy atom. The number of carbonyl (C=O) groups is 2. The first-order valence-electron chi connectivity index (χ1n) is 12.3. The third-order valence-electron chi connectivity index (χ3n) is 5.57. The molecule has 2 amide bonds. The van der Waals surface area contributed by atoms with Crippen LogP contribution >= 0.6 is 23.1 Å². The molecule has 0 radical (unpaired) electrons. The Morgan fingerprint density at radius 1 is 1.09 bits per heavy atom. The van der Waals surface area contributed by atoms with Crippen molar-refractivity contribution in [1.82, 2.24) is 5.32 Å². The molecule has 6 N–H and O–H groups in total. The van der Waals surface area contributed by atoms with E-state index in [1.807, 2.05) is 13.0 Å². The van der Waals surface area contributed by atoms with E-state index in [-0.39, 0.29) is 27.9 Å². The molecule has 1 aromatic heterocycles. The Bertz CT molecular complexity index is 1760. The maximum atomic E-state index is 13.5. The smallest absolute Gasteiger partial charge is 0.475 e. The zero-order chi connectivity index (χ0) is 33.5. The Kier molecular flexibility index (Phi) is 12.4. The van der Waals surface area contributed by atoms with Crippen LogP contribution in [0.5, 0.6) is 0 Å². The Morgan fingerprint density at radius 2 is 1.73 bits per heavy atom. The van der Waals surface area contributed by atoms with Crippen LogP contribution in [-0.4, -0.2) is 70.8 Å². The van der Waals surface area contributed by atoms with Gasteiger partial charge in [0.2, 0.25) is 9.84 Å². The highest BCUT2D eigenvalue weighted by Gasteiger charge is 2.38. The maximum Gasteiger partial charge on any atom is 0.490 e. The molecular formula is C26H29F3N4O7S4. The molecule has 3 aromatic rings. The van der Waals surface area contributed by atoms with Crippen LogP contribution in [0.3, 0.4) is 0 Å². The van der Waals surface area contributed by atoms with Crippen LogP contribution in [0.2, 0.25) is 0 Å². The highest BCUT2D eigenvalue weighted by atomic mass is 32.2. The fourth-order valence-electron chi connectivity index (χ4n) is 3.55. The van der Waals surface area contributed by atoms with Crippen molar-refractivity contribution in [1.29, 1.82) is 5.41 Å². The van der Waals surface area contributed by atoms with Crippen LogP contribution < -0.4 is 16.4 Å². The number of carbonyl (C=O) groups excluding carboxylic acids is 1. The van der Waals surface area contributed by atoms with E-state index in [4.69, 9.17) is 21.0 Å². The number of rotatable bonds is 10. The third-order valence-corrected chi connectivity index (χ3v) is 10.9. The number of benzene rings is 2. The number of nitrogens with one attached hydrogen (secondary N) is 3. The molecule has 0 bridgehead atoms. The number of nitrogens with two attached hydrogens (primary N) is 1. The van der Waals surface area contributed by atoms with Crippen LogP contribution in [-0.2, 0) is 24.5 Å². The molecule has 1 heterocycles. The topological polar surface area (TPSA) is 197 Å². The number of hydrogen-bond donors (Lipinski definition) is 5. The summed E-state index contributed by atoms with van der Waals surface area (Å²) in [4.78, 5) is 21.7. The van der Waals surface area contributed by atoms with Crippen molar-refractivity contribution in [2.45, 2.75) is 33.5 Å². The summed E-state index contributed by atoms with van der Waals surface area (Å²) < 4.78 is 81.6. The second-order valence-corrected chi connectivity index (χ2v) is 15.4. The van der Waals surface area contributed by atoms with E-state index < -0.39 is 37.9 Å². The van der Waals surface area contributed by atoms with Gasteiger partial charge < -0.3 is 21.5 Å². The van der Waals surface area contributed by atoms with E-state index in [1.165, 1.54) is 35.2 Å². The van der Waals surface area contributed by atoms with E-state index in [0.29, 0.717) is 26.8 Å². The van der Waals surface area contributed by atoms with Crippen molar-refractivity contribution >= 4 is 66.3 Å². The van der Waals surface area contributed by atoms with Crippen LogP contribution in [0.15, 0.2) is 62.5 Å². The van der Waals surface area contributed by atoms with E-state index >= 15 is 0 Å². The van der Waals surface area contributed by atoms with Gasteiger partial charge in [0.05, 0.1) is 24.6 Å². The average molecular weight is 695 g/mol. The lowest BCUT2D eigenvalue weighted by molar-refractivity contribution is -0.192. The lowest BCUT2D eigenvalue weighted by Gasteiger charge is -2.12. The maximum absolute atomic E-state index is 13.5. The van der Waals surface area contributed by atoms with Crippen molar-refractivity contribution in [2.75, 3.05) is 30.1 Å². The molecule has 0 saturated heterocycles. The molecule has 0 aliphatic carbocycles. The van der Waals surface area contributed by atoms with Gasteiger partial charge in [-0.25, -0.2) is 26.4 Å². The SMILES string of the molecule is CSc1sc(C(=N)N)cc1S(=O)(=O)c1cccc(-c2ccc(NC(=O)NCCCS(C)(=O)=O)cc2C)c1.O=C(O)C(F)(F)F. The largest absolute Gasteiger partial charge is 0.490 e. The molecule has 0 spiro atoms. The molecule has 0 aliphatic heterocycles. The highest BCUT2D eigenvalue weighted by Crippen LogP contribution is 2.38. The van der Waals surface area contributed by atoms with Gasteiger partial charge in [0.1, 0.15) is 15.7 Å². The minimum absolute atomic E-state index is 0.00123. The van der Waals surface area contributed by atoms with Crippen LogP contribution in [0.25, 0.3) is 11.1 Å². The number of urea groups is 1. The summed E-state index contributed by atoms with van der Waals surface area (Å²) in [5.74, 6) is -2.94. The van der Waals surface area contributed by atoms with Crippen LogP contribution in [0.1, 0.15) is 16.9 Å². The first-order chi connectivity index (χ1) is 20.3. The standard InChI is InChI=1S/C24H28N4O5S4.C2HF3O2/c1-15-12-17(28-24(29)27-10-5-11-36(3,30)31)8-9-19(15)16-6-4-7-18(13-16)37(32,33)21-14-20(22(25)26)35-23(21)34-2;3-2(4,5)1(6)7/h4,6-9,12-14H,5,10-11H2,1-3H3,(H3,25,26)(H2,27,28,29);(H,6,7). The normalized spacial score (nSPS) is 11.7. The molecule has 11 nitrogen and oxygen atoms in total. The number of alkyl halides is 3. The predicted molar refractivity (Wildman–Crippen MR) is 164 cm³/mol. The molecule has 44 heavy (non-hydrogen) atoms. The van der Waals surface area contributed by atoms with Crippen molar-refractivity contribution in [3.05, 3.63) is 59.0 Å². The summed E-state index contributed by atoms with van der Waals surface area (Å²) in [6.45, 7) is 2.09. The lowest BCUT2D eigenvalue weighted by atomic mass is 10.00. The number of anilines is 1. The number of thiophene rings is 1. The second kappa shape index (κ2) is 14.9. The van der Waals surface area contributed by atoms with Crippen molar-refractivity contribution < 1.29 is 44.7 Å². The number of aliphatic carboxylic acids is 1. The highest BCUT2D eigenvalue weighted by molar-refractivity contribution is 8.01. The molecule has 0 saturated carbocycles. The van der Waals surface area contributed by atoms with Gasteiger partial charge in [0.25, 0.3) is 0 Å². The molecule has 3 rings (SSSR count). The fourth-order valence-corrected chi connectivity index (χ4v) is 8.13. The fraction of sp³-hybridized carbons (Fsp3) is 0.269. The van der Waals surface area contributed by atoms with Crippen molar-refractivity contribution in [3.8, 4) is 11.1 Å². The van der Waals surface area contributed by atoms with Gasteiger partial charge in [0, 0.05) is 18.5 Å². The zero-order valence-corrected chi connectivity index (χ0v) is 26.7. The molecule has 0 atom stereocenters. The van der Waals surface area contributed by atoms with Gasteiger partial charge in [0.15, 0.2) is 0 Å². The molecule has 240 valence electrons. The zero-order valence-electron chi connectivity index (χ0n) is 23.5. The van der Waals surface area contributed by atoms with Gasteiger partial charge >= 0.3 is 18.2 Å². The van der Waals surface area contributed by atoms with E-state index in [2.05, 4.69) is 10.6 Å². The first kappa shape index (κ1) is 36.6. The first-order valence-corrected chi connectivity index (χ1v) is 17.9. The summed E-state index contributed by atoms with van der Waals surface area (Å²) in [7, 11) is -6.92. The quantitative estimate of drug-likeness (QED) is 0.0861. The lowest BCUT2D eigenvalue weighted by Crippen LogP contribution is -2.30. The number of aryl methyl sites for hydroxylation is 1.